The minimum atomic E-state index is -0.320. The van der Waals surface area contributed by atoms with E-state index in [2.05, 4.69) is 31.7 Å². The first-order valence-electron chi connectivity index (χ1n) is 9.79. The lowest BCUT2D eigenvalue weighted by molar-refractivity contribution is 0.309. The second kappa shape index (κ2) is 8.70. The summed E-state index contributed by atoms with van der Waals surface area (Å²) in [7, 11) is 5.32. The fourth-order valence-corrected chi connectivity index (χ4v) is 3.76. The molecule has 3 aromatic rings. The Kier molecular flexibility index (Phi) is 6.28. The zero-order valence-electron chi connectivity index (χ0n) is 18.0. The van der Waals surface area contributed by atoms with Gasteiger partial charge in [0, 0.05) is 36.2 Å². The highest BCUT2D eigenvalue weighted by atomic mass is 16.5. The van der Waals surface area contributed by atoms with Crippen LogP contribution in [0.3, 0.4) is 0 Å². The Morgan fingerprint density at radius 3 is 2.38 bits per heavy atom. The van der Waals surface area contributed by atoms with Gasteiger partial charge in [-0.3, -0.25) is 4.90 Å². The summed E-state index contributed by atoms with van der Waals surface area (Å²) >= 11 is 0. The van der Waals surface area contributed by atoms with Gasteiger partial charge in [0.2, 0.25) is 0 Å². The van der Waals surface area contributed by atoms with E-state index in [-0.39, 0.29) is 5.63 Å². The van der Waals surface area contributed by atoms with E-state index < -0.39 is 0 Å². The van der Waals surface area contributed by atoms with Crippen molar-refractivity contribution in [2.45, 2.75) is 39.8 Å². The predicted molar refractivity (Wildman–Crippen MR) is 116 cm³/mol. The standard InChI is InChI=1S/C24H29NO4/c1-15(2)20-12-21-18(10-24(26)29-23(21)9-16(20)3)14-25(4)13-17-7-8-19(27-5)11-22(17)28-6/h7-12,15H,13-14H2,1-6H3. The topological polar surface area (TPSA) is 51.9 Å². The first-order chi connectivity index (χ1) is 13.8. The van der Waals surface area contributed by atoms with E-state index in [1.807, 2.05) is 31.3 Å². The minimum absolute atomic E-state index is 0.320. The van der Waals surface area contributed by atoms with Crippen LogP contribution < -0.4 is 15.1 Å². The molecule has 3 rings (SSSR count). The van der Waals surface area contributed by atoms with E-state index in [1.54, 1.807) is 20.3 Å². The third-order valence-corrected chi connectivity index (χ3v) is 5.21. The zero-order valence-corrected chi connectivity index (χ0v) is 18.0. The summed E-state index contributed by atoms with van der Waals surface area (Å²) in [4.78, 5) is 14.3. The summed E-state index contributed by atoms with van der Waals surface area (Å²) in [6.45, 7) is 7.71. The van der Waals surface area contributed by atoms with Gasteiger partial charge in [-0.25, -0.2) is 4.79 Å². The van der Waals surface area contributed by atoms with E-state index in [9.17, 15) is 4.79 Å². The average Bonchev–Trinajstić information content (AvgIpc) is 2.67. The van der Waals surface area contributed by atoms with Crippen molar-refractivity contribution in [3.8, 4) is 11.5 Å². The van der Waals surface area contributed by atoms with E-state index in [0.29, 0.717) is 24.6 Å². The molecular formula is C24H29NO4. The maximum absolute atomic E-state index is 12.1. The third kappa shape index (κ3) is 4.62. The van der Waals surface area contributed by atoms with Gasteiger partial charge in [-0.15, -0.1) is 0 Å². The van der Waals surface area contributed by atoms with Crippen LogP contribution in [0.1, 0.15) is 42.0 Å². The third-order valence-electron chi connectivity index (χ3n) is 5.21. The van der Waals surface area contributed by atoms with Crippen molar-refractivity contribution < 1.29 is 13.9 Å². The monoisotopic (exact) mass is 395 g/mol. The van der Waals surface area contributed by atoms with Crippen molar-refractivity contribution in [2.24, 2.45) is 0 Å². The van der Waals surface area contributed by atoms with Crippen LogP contribution in [0.4, 0.5) is 0 Å². The number of hydrogen-bond donors (Lipinski definition) is 0. The van der Waals surface area contributed by atoms with Gasteiger partial charge < -0.3 is 13.9 Å². The molecule has 0 aliphatic carbocycles. The van der Waals surface area contributed by atoms with Crippen molar-refractivity contribution in [3.05, 3.63) is 69.1 Å². The average molecular weight is 395 g/mol. The molecule has 2 aromatic carbocycles. The summed E-state index contributed by atoms with van der Waals surface area (Å²) in [5.74, 6) is 1.95. The predicted octanol–water partition coefficient (Wildman–Crippen LogP) is 4.87. The molecule has 154 valence electrons. The van der Waals surface area contributed by atoms with Crippen LogP contribution in [-0.2, 0) is 13.1 Å². The lowest BCUT2D eigenvalue weighted by Crippen LogP contribution is -2.19. The Balaban J connectivity index is 1.93. The fourth-order valence-electron chi connectivity index (χ4n) is 3.76. The summed E-state index contributed by atoms with van der Waals surface area (Å²) in [6, 6.07) is 11.6. The fraction of sp³-hybridized carbons (Fsp3) is 0.375. The molecule has 0 saturated heterocycles. The van der Waals surface area contributed by atoms with Crippen LogP contribution in [0.5, 0.6) is 11.5 Å². The van der Waals surface area contributed by atoms with E-state index in [0.717, 1.165) is 33.6 Å². The molecule has 0 unspecified atom stereocenters. The largest absolute Gasteiger partial charge is 0.497 e. The Bertz CT molecular complexity index is 1070. The van der Waals surface area contributed by atoms with Crippen molar-refractivity contribution in [1.29, 1.82) is 0 Å². The molecule has 0 radical (unpaired) electrons. The molecule has 0 atom stereocenters. The highest BCUT2D eigenvalue weighted by Gasteiger charge is 2.14. The molecular weight excluding hydrogens is 366 g/mol. The van der Waals surface area contributed by atoms with Gasteiger partial charge in [0.1, 0.15) is 17.1 Å². The lowest BCUT2D eigenvalue weighted by atomic mass is 9.95. The molecule has 0 aliphatic rings. The molecule has 0 aliphatic heterocycles. The maximum Gasteiger partial charge on any atom is 0.336 e. The van der Waals surface area contributed by atoms with Crippen LogP contribution in [0, 0.1) is 6.92 Å². The van der Waals surface area contributed by atoms with Crippen LogP contribution in [0.15, 0.2) is 45.6 Å². The molecule has 0 fully saturated rings. The molecule has 1 aromatic heterocycles. The van der Waals surface area contributed by atoms with Crippen molar-refractivity contribution in [2.75, 3.05) is 21.3 Å². The van der Waals surface area contributed by atoms with Crippen LogP contribution >= 0.6 is 0 Å². The van der Waals surface area contributed by atoms with Crippen molar-refractivity contribution >= 4 is 11.0 Å². The van der Waals surface area contributed by atoms with Gasteiger partial charge in [-0.2, -0.15) is 0 Å². The number of rotatable bonds is 7. The Morgan fingerprint density at radius 2 is 1.72 bits per heavy atom. The first-order valence-corrected chi connectivity index (χ1v) is 9.79. The van der Waals surface area contributed by atoms with Crippen molar-refractivity contribution in [1.82, 2.24) is 4.90 Å². The van der Waals surface area contributed by atoms with Crippen LogP contribution in [0.25, 0.3) is 11.0 Å². The summed E-state index contributed by atoms with van der Waals surface area (Å²) in [5.41, 5.74) is 4.76. The summed E-state index contributed by atoms with van der Waals surface area (Å²) in [5, 5.41) is 0.993. The molecule has 0 N–H and O–H groups in total. The highest BCUT2D eigenvalue weighted by molar-refractivity contribution is 5.82. The molecule has 0 amide bonds. The molecule has 1 heterocycles. The van der Waals surface area contributed by atoms with E-state index in [4.69, 9.17) is 13.9 Å². The number of fused-ring (bicyclic) bond motifs is 1. The number of hydrogen-bond acceptors (Lipinski definition) is 5. The molecule has 5 nitrogen and oxygen atoms in total. The van der Waals surface area contributed by atoms with Gasteiger partial charge in [0.15, 0.2) is 0 Å². The van der Waals surface area contributed by atoms with E-state index in [1.165, 1.54) is 5.56 Å². The molecule has 0 bridgehead atoms. The summed E-state index contributed by atoms with van der Waals surface area (Å²) < 4.78 is 16.3. The summed E-state index contributed by atoms with van der Waals surface area (Å²) in [6.07, 6.45) is 0. The molecule has 5 heteroatoms. The van der Waals surface area contributed by atoms with Crippen LogP contribution in [0.2, 0.25) is 0 Å². The van der Waals surface area contributed by atoms with Gasteiger partial charge in [-0.05, 0) is 54.8 Å². The Morgan fingerprint density at radius 1 is 1.00 bits per heavy atom. The Hall–Kier alpha value is -2.79. The zero-order chi connectivity index (χ0) is 21.1. The number of methoxy groups -OCH3 is 2. The second-order valence-electron chi connectivity index (χ2n) is 7.80. The van der Waals surface area contributed by atoms with Gasteiger partial charge >= 0.3 is 5.63 Å². The quantitative estimate of drug-likeness (QED) is 0.534. The first kappa shape index (κ1) is 20.9. The lowest BCUT2D eigenvalue weighted by Gasteiger charge is -2.20. The van der Waals surface area contributed by atoms with Gasteiger partial charge in [-0.1, -0.05) is 19.9 Å². The minimum Gasteiger partial charge on any atom is -0.497 e. The smallest absolute Gasteiger partial charge is 0.336 e. The Labute approximate surface area is 171 Å². The highest BCUT2D eigenvalue weighted by Crippen LogP contribution is 2.29. The number of benzene rings is 2. The van der Waals surface area contributed by atoms with Gasteiger partial charge in [0.25, 0.3) is 0 Å². The molecule has 29 heavy (non-hydrogen) atoms. The van der Waals surface area contributed by atoms with Crippen molar-refractivity contribution in [3.63, 3.8) is 0 Å². The van der Waals surface area contributed by atoms with E-state index >= 15 is 0 Å². The number of nitrogens with zero attached hydrogens (tertiary/aromatic N) is 1. The normalized spacial score (nSPS) is 11.4. The molecule has 0 spiro atoms. The second-order valence-corrected chi connectivity index (χ2v) is 7.80. The molecule has 0 saturated carbocycles. The SMILES string of the molecule is COc1ccc(CN(C)Cc2cc(=O)oc3cc(C)c(C(C)C)cc23)c(OC)c1. The number of ether oxygens (including phenoxy) is 2. The van der Waals surface area contributed by atoms with Gasteiger partial charge in [0.05, 0.1) is 14.2 Å². The maximum atomic E-state index is 12.1. The number of aryl methyl sites for hydroxylation is 1. The van der Waals surface area contributed by atoms with Crippen LogP contribution in [-0.4, -0.2) is 26.2 Å².